The maximum atomic E-state index is 6.29. The smallest absolute Gasteiger partial charge is 0.147 e. The van der Waals surface area contributed by atoms with Crippen LogP contribution < -0.4 is 10.1 Å². The molecule has 1 N–H and O–H groups in total. The lowest BCUT2D eigenvalue weighted by Gasteiger charge is -2.12. The second kappa shape index (κ2) is 7.50. The van der Waals surface area contributed by atoms with Crippen molar-refractivity contribution in [3.8, 4) is 11.5 Å². The van der Waals surface area contributed by atoms with Crippen LogP contribution in [-0.4, -0.2) is 6.04 Å². The number of hydrogen-bond acceptors (Lipinski definition) is 2. The van der Waals surface area contributed by atoms with Crippen LogP contribution >= 0.6 is 39.1 Å². The summed E-state index contributed by atoms with van der Waals surface area (Å²) in [6.07, 6.45) is 0. The van der Waals surface area contributed by atoms with E-state index in [1.807, 2.05) is 24.3 Å². The van der Waals surface area contributed by atoms with E-state index in [-0.39, 0.29) is 0 Å². The second-order valence-electron chi connectivity index (χ2n) is 4.97. The van der Waals surface area contributed by atoms with E-state index in [1.165, 1.54) is 0 Å². The van der Waals surface area contributed by atoms with Gasteiger partial charge in [-0.2, -0.15) is 0 Å². The molecule has 0 spiro atoms. The van der Waals surface area contributed by atoms with Gasteiger partial charge >= 0.3 is 0 Å². The van der Waals surface area contributed by atoms with Gasteiger partial charge in [0.15, 0.2) is 0 Å². The van der Waals surface area contributed by atoms with Gasteiger partial charge < -0.3 is 10.1 Å². The molecule has 0 unspecified atom stereocenters. The van der Waals surface area contributed by atoms with Gasteiger partial charge in [-0.25, -0.2) is 0 Å². The minimum Gasteiger partial charge on any atom is -0.456 e. The summed E-state index contributed by atoms with van der Waals surface area (Å²) in [5.41, 5.74) is 1.04. The zero-order chi connectivity index (χ0) is 15.4. The number of hydrogen-bond donors (Lipinski definition) is 1. The van der Waals surface area contributed by atoms with Gasteiger partial charge in [0.2, 0.25) is 0 Å². The molecule has 112 valence electrons. The molecule has 0 fully saturated rings. The van der Waals surface area contributed by atoms with Gasteiger partial charge in [0.25, 0.3) is 0 Å². The molecule has 0 aliphatic carbocycles. The van der Waals surface area contributed by atoms with Crippen molar-refractivity contribution in [1.82, 2.24) is 5.32 Å². The Balaban J connectivity index is 2.14. The van der Waals surface area contributed by atoms with E-state index in [0.29, 0.717) is 27.6 Å². The van der Waals surface area contributed by atoms with Crippen LogP contribution in [0.4, 0.5) is 0 Å². The van der Waals surface area contributed by atoms with Crippen molar-refractivity contribution in [1.29, 1.82) is 0 Å². The average molecular weight is 389 g/mol. The van der Waals surface area contributed by atoms with Crippen LogP contribution in [0.5, 0.6) is 11.5 Å². The zero-order valence-corrected chi connectivity index (χ0v) is 14.9. The van der Waals surface area contributed by atoms with Crippen molar-refractivity contribution in [2.24, 2.45) is 0 Å². The highest BCUT2D eigenvalue weighted by Gasteiger charge is 2.07. The summed E-state index contributed by atoms with van der Waals surface area (Å²) in [6, 6.07) is 11.5. The predicted octanol–water partition coefficient (Wildman–Crippen LogP) is 6.05. The standard InChI is InChI=1S/C16H16BrCl2NO/c1-10(2)20-9-11-3-5-13(8-15(11)19)21-16-7-12(17)4-6-14(16)18/h3-8,10,20H,9H2,1-2H3. The third-order valence-corrected chi connectivity index (χ3v) is 4.00. The second-order valence-corrected chi connectivity index (χ2v) is 6.70. The molecule has 0 heterocycles. The summed E-state index contributed by atoms with van der Waals surface area (Å²) >= 11 is 15.8. The Labute approximate surface area is 143 Å². The molecule has 2 rings (SSSR count). The zero-order valence-electron chi connectivity index (χ0n) is 11.8. The molecule has 0 atom stereocenters. The summed E-state index contributed by atoms with van der Waals surface area (Å²) in [7, 11) is 0. The van der Waals surface area contributed by atoms with Gasteiger partial charge in [-0.05, 0) is 35.9 Å². The van der Waals surface area contributed by atoms with Gasteiger partial charge in [-0.3, -0.25) is 0 Å². The van der Waals surface area contributed by atoms with Crippen molar-refractivity contribution in [2.75, 3.05) is 0 Å². The van der Waals surface area contributed by atoms with E-state index < -0.39 is 0 Å². The van der Waals surface area contributed by atoms with E-state index in [1.54, 1.807) is 12.1 Å². The third-order valence-electron chi connectivity index (χ3n) is 2.85. The highest BCUT2D eigenvalue weighted by Crippen LogP contribution is 2.33. The molecule has 2 nitrogen and oxygen atoms in total. The average Bonchev–Trinajstić information content (AvgIpc) is 2.42. The first-order valence-corrected chi connectivity index (χ1v) is 8.15. The fourth-order valence-electron chi connectivity index (χ4n) is 1.73. The minimum absolute atomic E-state index is 0.414. The van der Waals surface area contributed by atoms with E-state index in [2.05, 4.69) is 35.1 Å². The van der Waals surface area contributed by atoms with Crippen molar-refractivity contribution in [3.63, 3.8) is 0 Å². The summed E-state index contributed by atoms with van der Waals surface area (Å²) in [5, 5.41) is 4.56. The van der Waals surface area contributed by atoms with Gasteiger partial charge in [0.05, 0.1) is 5.02 Å². The summed E-state index contributed by atoms with van der Waals surface area (Å²) in [6.45, 7) is 4.93. The van der Waals surface area contributed by atoms with Crippen molar-refractivity contribution >= 4 is 39.1 Å². The number of rotatable bonds is 5. The largest absolute Gasteiger partial charge is 0.456 e. The predicted molar refractivity (Wildman–Crippen MR) is 92.7 cm³/mol. The molecule has 2 aromatic rings. The maximum absolute atomic E-state index is 6.29. The first-order valence-electron chi connectivity index (χ1n) is 6.60. The van der Waals surface area contributed by atoms with Crippen LogP contribution in [0.2, 0.25) is 10.0 Å². The Morgan fingerprint density at radius 1 is 1.10 bits per heavy atom. The SMILES string of the molecule is CC(C)NCc1ccc(Oc2cc(Br)ccc2Cl)cc1Cl. The summed E-state index contributed by atoms with van der Waals surface area (Å²) in [4.78, 5) is 0. The number of ether oxygens (including phenoxy) is 1. The number of nitrogens with one attached hydrogen (secondary N) is 1. The molecular weight excluding hydrogens is 373 g/mol. The minimum atomic E-state index is 0.414. The molecule has 21 heavy (non-hydrogen) atoms. The Hall–Kier alpha value is -0.740. The molecule has 0 aliphatic heterocycles. The lowest BCUT2D eigenvalue weighted by atomic mass is 10.2. The summed E-state index contributed by atoms with van der Waals surface area (Å²) < 4.78 is 6.69. The molecule has 0 saturated heterocycles. The quantitative estimate of drug-likeness (QED) is 0.673. The van der Waals surface area contributed by atoms with Crippen molar-refractivity contribution in [3.05, 3.63) is 56.5 Å². The molecule has 0 amide bonds. The normalized spacial score (nSPS) is 11.0. The Morgan fingerprint density at radius 3 is 2.52 bits per heavy atom. The highest BCUT2D eigenvalue weighted by atomic mass is 79.9. The van der Waals surface area contributed by atoms with E-state index >= 15 is 0 Å². The monoisotopic (exact) mass is 387 g/mol. The van der Waals surface area contributed by atoms with Gasteiger partial charge in [0.1, 0.15) is 11.5 Å². The molecular formula is C16H16BrCl2NO. The first-order chi connectivity index (χ1) is 9.95. The fraction of sp³-hybridized carbons (Fsp3) is 0.250. The Morgan fingerprint density at radius 2 is 1.86 bits per heavy atom. The molecule has 0 radical (unpaired) electrons. The van der Waals surface area contributed by atoms with Crippen molar-refractivity contribution in [2.45, 2.75) is 26.4 Å². The van der Waals surface area contributed by atoms with Crippen LogP contribution in [0, 0.1) is 0 Å². The van der Waals surface area contributed by atoms with Crippen LogP contribution in [-0.2, 0) is 6.54 Å². The first kappa shape index (κ1) is 16.6. The fourth-order valence-corrected chi connectivity index (χ4v) is 2.46. The third kappa shape index (κ3) is 4.89. The molecule has 0 aliphatic rings. The van der Waals surface area contributed by atoms with Crippen LogP contribution in [0.25, 0.3) is 0 Å². The van der Waals surface area contributed by atoms with Crippen molar-refractivity contribution < 1.29 is 4.74 Å². The number of halogens is 3. The highest BCUT2D eigenvalue weighted by molar-refractivity contribution is 9.10. The van der Waals surface area contributed by atoms with E-state index in [9.17, 15) is 0 Å². The van der Waals surface area contributed by atoms with Crippen LogP contribution in [0.1, 0.15) is 19.4 Å². The van der Waals surface area contributed by atoms with Crippen LogP contribution in [0.3, 0.4) is 0 Å². The lowest BCUT2D eigenvalue weighted by Crippen LogP contribution is -2.21. The lowest BCUT2D eigenvalue weighted by molar-refractivity contribution is 0.482. The molecule has 2 aromatic carbocycles. The summed E-state index contributed by atoms with van der Waals surface area (Å²) in [5.74, 6) is 1.25. The molecule has 0 aromatic heterocycles. The van der Waals surface area contributed by atoms with Gasteiger partial charge in [-0.1, -0.05) is 59.0 Å². The van der Waals surface area contributed by atoms with Gasteiger partial charge in [0, 0.05) is 22.1 Å². The van der Waals surface area contributed by atoms with Gasteiger partial charge in [-0.15, -0.1) is 0 Å². The molecule has 5 heteroatoms. The number of benzene rings is 2. The van der Waals surface area contributed by atoms with Crippen LogP contribution in [0.15, 0.2) is 40.9 Å². The topological polar surface area (TPSA) is 21.3 Å². The maximum Gasteiger partial charge on any atom is 0.147 e. The molecule has 0 bridgehead atoms. The Kier molecular flexibility index (Phi) is 5.94. The van der Waals surface area contributed by atoms with E-state index in [4.69, 9.17) is 27.9 Å². The Bertz CT molecular complexity index is 632. The molecule has 0 saturated carbocycles. The van der Waals surface area contributed by atoms with E-state index in [0.717, 1.165) is 16.6 Å².